The van der Waals surface area contributed by atoms with E-state index in [1.54, 1.807) is 0 Å². The number of aliphatic carboxylic acids is 1. The Morgan fingerprint density at radius 2 is 2.08 bits per heavy atom. The van der Waals surface area contributed by atoms with Crippen LogP contribution in [0.5, 0.6) is 0 Å². The highest BCUT2D eigenvalue weighted by Crippen LogP contribution is 1.98. The van der Waals surface area contributed by atoms with Crippen LogP contribution in [0.15, 0.2) is 12.2 Å². The van der Waals surface area contributed by atoms with E-state index < -0.39 is 12.0 Å². The fraction of sp³-hybridized carbons (Fsp3) is 0.667. The van der Waals surface area contributed by atoms with Gasteiger partial charge in [-0.25, -0.2) is 0 Å². The Morgan fingerprint density at radius 3 is 2.58 bits per heavy atom. The predicted octanol–water partition coefficient (Wildman–Crippen LogP) is 1.53. The summed E-state index contributed by atoms with van der Waals surface area (Å²) in [7, 11) is 0. The van der Waals surface area contributed by atoms with Gasteiger partial charge in [-0.3, -0.25) is 4.79 Å². The minimum absolute atomic E-state index is 0.523. The number of carboxylic acid groups (broad SMARTS) is 1. The molecule has 3 heteroatoms. The van der Waals surface area contributed by atoms with E-state index in [0.29, 0.717) is 6.42 Å². The van der Waals surface area contributed by atoms with Crippen molar-refractivity contribution in [2.45, 2.75) is 38.6 Å². The number of nitrogens with two attached hydrogens (primary N) is 1. The normalized spacial score (nSPS) is 13.5. The van der Waals surface area contributed by atoms with Gasteiger partial charge >= 0.3 is 5.97 Å². The molecular formula is C9H17NO2. The highest BCUT2D eigenvalue weighted by molar-refractivity contribution is 5.72. The molecule has 3 N–H and O–H groups in total. The molecule has 0 saturated heterocycles. The van der Waals surface area contributed by atoms with Gasteiger partial charge in [-0.2, -0.15) is 0 Å². The zero-order valence-corrected chi connectivity index (χ0v) is 7.49. The van der Waals surface area contributed by atoms with Crippen LogP contribution >= 0.6 is 0 Å². The first-order chi connectivity index (χ1) is 5.68. The average Bonchev–Trinajstić information content (AvgIpc) is 2.03. The van der Waals surface area contributed by atoms with Crippen molar-refractivity contribution in [2.75, 3.05) is 0 Å². The molecule has 0 aromatic carbocycles. The molecular weight excluding hydrogens is 154 g/mol. The average molecular weight is 171 g/mol. The first-order valence-electron chi connectivity index (χ1n) is 4.31. The van der Waals surface area contributed by atoms with Crippen molar-refractivity contribution in [3.63, 3.8) is 0 Å². The summed E-state index contributed by atoms with van der Waals surface area (Å²) >= 11 is 0. The Balaban J connectivity index is 3.36. The minimum Gasteiger partial charge on any atom is -0.480 e. The topological polar surface area (TPSA) is 63.3 Å². The second-order valence-corrected chi connectivity index (χ2v) is 2.78. The van der Waals surface area contributed by atoms with Gasteiger partial charge in [0, 0.05) is 0 Å². The molecule has 0 bridgehead atoms. The summed E-state index contributed by atoms with van der Waals surface area (Å²) in [6, 6.07) is -0.712. The Kier molecular flexibility index (Phi) is 6.38. The van der Waals surface area contributed by atoms with Gasteiger partial charge in [-0.05, 0) is 19.3 Å². The molecule has 0 amide bonds. The van der Waals surface area contributed by atoms with Crippen molar-refractivity contribution in [1.29, 1.82) is 0 Å². The minimum atomic E-state index is -0.918. The highest BCUT2D eigenvalue weighted by atomic mass is 16.4. The van der Waals surface area contributed by atoms with Gasteiger partial charge in [-0.1, -0.05) is 25.5 Å². The quantitative estimate of drug-likeness (QED) is 0.596. The molecule has 0 spiro atoms. The first-order valence-corrected chi connectivity index (χ1v) is 4.31. The molecule has 0 rings (SSSR count). The number of allylic oxidation sites excluding steroid dienone is 2. The van der Waals surface area contributed by atoms with E-state index in [1.165, 1.54) is 0 Å². The number of rotatable bonds is 6. The highest BCUT2D eigenvalue weighted by Gasteiger charge is 2.08. The molecule has 0 aliphatic carbocycles. The standard InChI is InChI=1S/C9H17NO2/c1-2-3-4-5-6-7-8(10)9(11)12/h4-5,8H,2-3,6-7,10H2,1H3,(H,11,12)/b5-4+. The molecule has 12 heavy (non-hydrogen) atoms. The first kappa shape index (κ1) is 11.2. The molecule has 0 aromatic heterocycles. The smallest absolute Gasteiger partial charge is 0.320 e. The van der Waals surface area contributed by atoms with Crippen molar-refractivity contribution >= 4 is 5.97 Å². The molecule has 70 valence electrons. The van der Waals surface area contributed by atoms with Gasteiger partial charge in [0.05, 0.1) is 0 Å². The molecule has 1 unspecified atom stereocenters. The van der Waals surface area contributed by atoms with Crippen LogP contribution in [0.3, 0.4) is 0 Å². The molecule has 3 nitrogen and oxygen atoms in total. The van der Waals surface area contributed by atoms with Gasteiger partial charge in [0.2, 0.25) is 0 Å². The third-order valence-corrected chi connectivity index (χ3v) is 1.58. The van der Waals surface area contributed by atoms with E-state index in [9.17, 15) is 4.79 Å². The summed E-state index contributed by atoms with van der Waals surface area (Å²) in [4.78, 5) is 10.3. The molecule has 0 saturated carbocycles. The van der Waals surface area contributed by atoms with Crippen LogP contribution in [0.25, 0.3) is 0 Å². The summed E-state index contributed by atoms with van der Waals surface area (Å²) in [5.74, 6) is -0.918. The van der Waals surface area contributed by atoms with Crippen LogP contribution in [0.4, 0.5) is 0 Å². The van der Waals surface area contributed by atoms with Crippen LogP contribution < -0.4 is 5.73 Å². The lowest BCUT2D eigenvalue weighted by atomic mass is 10.1. The van der Waals surface area contributed by atoms with Crippen molar-refractivity contribution in [1.82, 2.24) is 0 Å². The Hall–Kier alpha value is -0.830. The predicted molar refractivity (Wildman–Crippen MR) is 48.9 cm³/mol. The second kappa shape index (κ2) is 6.85. The second-order valence-electron chi connectivity index (χ2n) is 2.78. The van der Waals surface area contributed by atoms with Gasteiger partial charge in [0.15, 0.2) is 0 Å². The van der Waals surface area contributed by atoms with E-state index in [-0.39, 0.29) is 0 Å². The van der Waals surface area contributed by atoms with E-state index in [4.69, 9.17) is 10.8 Å². The zero-order valence-electron chi connectivity index (χ0n) is 7.49. The lowest BCUT2D eigenvalue weighted by Crippen LogP contribution is -2.29. The van der Waals surface area contributed by atoms with E-state index in [2.05, 4.69) is 13.0 Å². The maximum atomic E-state index is 10.3. The maximum absolute atomic E-state index is 10.3. The molecule has 0 aromatic rings. The van der Waals surface area contributed by atoms with Crippen LogP contribution in [0.1, 0.15) is 32.6 Å². The van der Waals surface area contributed by atoms with Gasteiger partial charge < -0.3 is 10.8 Å². The number of unbranched alkanes of at least 4 members (excludes halogenated alkanes) is 1. The SMILES string of the molecule is CCC/C=C/CCC(N)C(=O)O. The van der Waals surface area contributed by atoms with Crippen molar-refractivity contribution in [2.24, 2.45) is 5.73 Å². The number of hydrogen-bond acceptors (Lipinski definition) is 2. The summed E-state index contributed by atoms with van der Waals surface area (Å²) < 4.78 is 0. The van der Waals surface area contributed by atoms with Gasteiger partial charge in [0.25, 0.3) is 0 Å². The lowest BCUT2D eigenvalue weighted by molar-refractivity contribution is -0.138. The monoisotopic (exact) mass is 171 g/mol. The van der Waals surface area contributed by atoms with E-state index >= 15 is 0 Å². The van der Waals surface area contributed by atoms with Crippen LogP contribution in [0.2, 0.25) is 0 Å². The summed E-state index contributed by atoms with van der Waals surface area (Å²) in [5.41, 5.74) is 5.30. The number of hydrogen-bond donors (Lipinski definition) is 2. The van der Waals surface area contributed by atoms with Crippen molar-refractivity contribution in [3.8, 4) is 0 Å². The third kappa shape index (κ3) is 5.92. The molecule has 0 aliphatic rings. The van der Waals surface area contributed by atoms with Crippen LogP contribution in [-0.2, 0) is 4.79 Å². The van der Waals surface area contributed by atoms with Crippen LogP contribution in [0, 0.1) is 0 Å². The summed E-state index contributed by atoms with van der Waals surface area (Å²) in [6.07, 6.45) is 7.52. The van der Waals surface area contributed by atoms with E-state index in [0.717, 1.165) is 19.3 Å². The number of carbonyl (C=O) groups is 1. The molecule has 1 atom stereocenters. The summed E-state index contributed by atoms with van der Waals surface area (Å²) in [5, 5.41) is 8.44. The van der Waals surface area contributed by atoms with Crippen molar-refractivity contribution in [3.05, 3.63) is 12.2 Å². The summed E-state index contributed by atoms with van der Waals surface area (Å²) in [6.45, 7) is 2.10. The fourth-order valence-electron chi connectivity index (χ4n) is 0.802. The lowest BCUT2D eigenvalue weighted by Gasteiger charge is -2.01. The fourth-order valence-corrected chi connectivity index (χ4v) is 0.802. The van der Waals surface area contributed by atoms with E-state index in [1.807, 2.05) is 6.08 Å². The molecule has 0 aliphatic heterocycles. The Morgan fingerprint density at radius 1 is 1.50 bits per heavy atom. The molecule has 0 fully saturated rings. The molecule has 0 heterocycles. The van der Waals surface area contributed by atoms with Gasteiger partial charge in [0.1, 0.15) is 6.04 Å². The van der Waals surface area contributed by atoms with Crippen molar-refractivity contribution < 1.29 is 9.90 Å². The maximum Gasteiger partial charge on any atom is 0.320 e. The third-order valence-electron chi connectivity index (χ3n) is 1.58. The van der Waals surface area contributed by atoms with Gasteiger partial charge in [-0.15, -0.1) is 0 Å². The largest absolute Gasteiger partial charge is 0.480 e. The number of carboxylic acids is 1. The Labute approximate surface area is 73.3 Å². The zero-order chi connectivity index (χ0) is 9.40. The Bertz CT molecular complexity index is 155. The van der Waals surface area contributed by atoms with Crippen LogP contribution in [-0.4, -0.2) is 17.1 Å². The molecule has 0 radical (unpaired) electrons.